The number of sulfone groups is 1. The number of aliphatic hydroxyl groups excluding tert-OH is 1. The molecule has 1 aliphatic carbocycles. The van der Waals surface area contributed by atoms with Crippen molar-refractivity contribution in [2.24, 2.45) is 0 Å². The van der Waals surface area contributed by atoms with Gasteiger partial charge in [-0.1, -0.05) is 12.8 Å². The maximum Gasteiger partial charge on any atom is 0.156 e. The summed E-state index contributed by atoms with van der Waals surface area (Å²) in [4.78, 5) is 0. The maximum absolute atomic E-state index is 11.6. The van der Waals surface area contributed by atoms with Crippen molar-refractivity contribution < 1.29 is 13.5 Å². The Morgan fingerprint density at radius 3 is 2.46 bits per heavy atom. The third-order valence-corrected chi connectivity index (χ3v) is 5.15. The highest BCUT2D eigenvalue weighted by molar-refractivity contribution is 7.92. The van der Waals surface area contributed by atoms with Gasteiger partial charge in [0.1, 0.15) is 0 Å². The molecule has 5 heteroatoms. The number of rotatable bonds is 3. The van der Waals surface area contributed by atoms with E-state index in [0.29, 0.717) is 12.8 Å². The van der Waals surface area contributed by atoms with E-state index in [4.69, 9.17) is 11.6 Å². The summed E-state index contributed by atoms with van der Waals surface area (Å²) in [7, 11) is -3.16. The van der Waals surface area contributed by atoms with Crippen molar-refractivity contribution in [3.8, 4) is 0 Å². The molecule has 0 bridgehead atoms. The van der Waals surface area contributed by atoms with Gasteiger partial charge in [-0.25, -0.2) is 8.42 Å². The third kappa shape index (κ3) is 2.82. The summed E-state index contributed by atoms with van der Waals surface area (Å²) in [6.07, 6.45) is 2.33. The topological polar surface area (TPSA) is 54.4 Å². The van der Waals surface area contributed by atoms with Crippen LogP contribution in [0.2, 0.25) is 0 Å². The van der Waals surface area contributed by atoms with Crippen molar-refractivity contribution in [3.63, 3.8) is 0 Å². The van der Waals surface area contributed by atoms with Gasteiger partial charge >= 0.3 is 0 Å². The molecule has 0 spiro atoms. The molecule has 0 aromatic rings. The van der Waals surface area contributed by atoms with E-state index in [9.17, 15) is 13.5 Å². The molecular formula is C8H15ClO3S. The normalized spacial score (nSPS) is 30.3. The predicted octanol–water partition coefficient (Wildman–Crippen LogP) is 0.944. The summed E-state index contributed by atoms with van der Waals surface area (Å²) < 4.78 is 23.1. The Balaban J connectivity index is 2.68. The van der Waals surface area contributed by atoms with Crippen LogP contribution in [0, 0.1) is 0 Å². The zero-order valence-electron chi connectivity index (χ0n) is 7.45. The summed E-state index contributed by atoms with van der Waals surface area (Å²) >= 11 is 5.39. The minimum Gasteiger partial charge on any atom is -0.392 e. The number of aliphatic hydroxyl groups is 1. The van der Waals surface area contributed by atoms with Gasteiger partial charge in [0.25, 0.3) is 0 Å². The molecule has 1 saturated carbocycles. The van der Waals surface area contributed by atoms with Gasteiger partial charge in [-0.3, -0.25) is 0 Å². The number of halogens is 1. The molecule has 2 atom stereocenters. The SMILES string of the molecule is O=S(=O)(CCCl)[C@@H]1CCCC[C@H]1O. The Bertz CT molecular complexity index is 250. The van der Waals surface area contributed by atoms with Gasteiger partial charge in [0.05, 0.1) is 17.1 Å². The van der Waals surface area contributed by atoms with Gasteiger partial charge in [-0.2, -0.15) is 0 Å². The fourth-order valence-electron chi connectivity index (χ4n) is 1.76. The van der Waals surface area contributed by atoms with Crippen molar-refractivity contribution in [1.29, 1.82) is 0 Å². The second-order valence-electron chi connectivity index (χ2n) is 3.45. The first-order chi connectivity index (χ1) is 6.08. The largest absolute Gasteiger partial charge is 0.392 e. The van der Waals surface area contributed by atoms with Crippen molar-refractivity contribution >= 4 is 21.4 Å². The van der Waals surface area contributed by atoms with Crippen LogP contribution >= 0.6 is 11.6 Å². The standard InChI is InChI=1S/C8H15ClO3S/c9-5-6-13(11,12)8-4-2-1-3-7(8)10/h7-8,10H,1-6H2/t7-,8-/m1/s1. The molecule has 0 aromatic carbocycles. The average molecular weight is 227 g/mol. The third-order valence-electron chi connectivity index (χ3n) is 2.49. The molecule has 1 N–H and O–H groups in total. The van der Waals surface area contributed by atoms with E-state index in [1.165, 1.54) is 0 Å². The highest BCUT2D eigenvalue weighted by Gasteiger charge is 2.33. The lowest BCUT2D eigenvalue weighted by molar-refractivity contribution is 0.133. The van der Waals surface area contributed by atoms with E-state index in [1.54, 1.807) is 0 Å². The molecule has 3 nitrogen and oxygen atoms in total. The molecule has 0 aromatic heterocycles. The fourth-order valence-corrected chi connectivity index (χ4v) is 4.06. The zero-order chi connectivity index (χ0) is 9.90. The second kappa shape index (κ2) is 4.62. The highest BCUT2D eigenvalue weighted by Crippen LogP contribution is 2.24. The lowest BCUT2D eigenvalue weighted by atomic mass is 9.97. The Morgan fingerprint density at radius 2 is 1.92 bits per heavy atom. The van der Waals surface area contributed by atoms with Crippen molar-refractivity contribution in [2.45, 2.75) is 37.0 Å². The number of alkyl halides is 1. The van der Waals surface area contributed by atoms with Crippen LogP contribution in [0.4, 0.5) is 0 Å². The summed E-state index contributed by atoms with van der Waals surface area (Å²) in [5.74, 6) is 0.0990. The van der Waals surface area contributed by atoms with E-state index in [0.717, 1.165) is 12.8 Å². The molecule has 1 aliphatic rings. The van der Waals surface area contributed by atoms with Crippen LogP contribution in [0.3, 0.4) is 0 Å². The van der Waals surface area contributed by atoms with Crippen LogP contribution in [-0.4, -0.2) is 36.5 Å². The highest BCUT2D eigenvalue weighted by atomic mass is 35.5. The lowest BCUT2D eigenvalue weighted by Gasteiger charge is -2.26. The van der Waals surface area contributed by atoms with Gasteiger partial charge in [-0.15, -0.1) is 11.6 Å². The maximum atomic E-state index is 11.6. The van der Waals surface area contributed by atoms with Crippen LogP contribution in [0.1, 0.15) is 25.7 Å². The predicted molar refractivity (Wildman–Crippen MR) is 52.8 cm³/mol. The lowest BCUT2D eigenvalue weighted by Crippen LogP contribution is -2.38. The summed E-state index contributed by atoms with van der Waals surface area (Å²) in [6.45, 7) is 0. The molecule has 0 heterocycles. The molecule has 0 amide bonds. The quantitative estimate of drug-likeness (QED) is 0.729. The Morgan fingerprint density at radius 1 is 1.31 bits per heavy atom. The Kier molecular flexibility index (Phi) is 4.01. The number of hydrogen-bond donors (Lipinski definition) is 1. The molecular weight excluding hydrogens is 212 g/mol. The first-order valence-corrected chi connectivity index (χ1v) is 6.78. The van der Waals surface area contributed by atoms with Crippen LogP contribution in [0.25, 0.3) is 0 Å². The smallest absolute Gasteiger partial charge is 0.156 e. The van der Waals surface area contributed by atoms with Crippen LogP contribution < -0.4 is 0 Å². The van der Waals surface area contributed by atoms with E-state index < -0.39 is 21.2 Å². The summed E-state index contributed by atoms with van der Waals surface area (Å²) in [5.41, 5.74) is 0. The number of hydrogen-bond acceptors (Lipinski definition) is 3. The molecule has 0 radical (unpaired) electrons. The Labute approximate surface area is 84.0 Å². The van der Waals surface area contributed by atoms with Gasteiger partial charge in [0.2, 0.25) is 0 Å². The summed E-state index contributed by atoms with van der Waals surface area (Å²) in [5, 5.41) is 8.94. The average Bonchev–Trinajstić information content (AvgIpc) is 2.04. The fraction of sp³-hybridized carbons (Fsp3) is 1.00. The van der Waals surface area contributed by atoms with Crippen molar-refractivity contribution in [1.82, 2.24) is 0 Å². The minimum atomic E-state index is -3.16. The zero-order valence-corrected chi connectivity index (χ0v) is 9.02. The van der Waals surface area contributed by atoms with Crippen LogP contribution in [-0.2, 0) is 9.84 Å². The van der Waals surface area contributed by atoms with Gasteiger partial charge in [0, 0.05) is 5.88 Å². The molecule has 0 aliphatic heterocycles. The van der Waals surface area contributed by atoms with E-state index in [2.05, 4.69) is 0 Å². The van der Waals surface area contributed by atoms with Crippen molar-refractivity contribution in [3.05, 3.63) is 0 Å². The first kappa shape index (κ1) is 11.3. The van der Waals surface area contributed by atoms with Crippen molar-refractivity contribution in [2.75, 3.05) is 11.6 Å². The Hall–Kier alpha value is 0.200. The molecule has 0 saturated heterocycles. The summed E-state index contributed by atoms with van der Waals surface area (Å²) in [6, 6.07) is 0. The monoisotopic (exact) mass is 226 g/mol. The van der Waals surface area contributed by atoms with Gasteiger partial charge in [0.15, 0.2) is 9.84 Å². The van der Waals surface area contributed by atoms with Crippen LogP contribution in [0.15, 0.2) is 0 Å². The molecule has 0 unspecified atom stereocenters. The molecule has 1 rings (SSSR count). The van der Waals surface area contributed by atoms with E-state index in [1.807, 2.05) is 0 Å². The minimum absolute atomic E-state index is 0.0176. The second-order valence-corrected chi connectivity index (χ2v) is 6.16. The molecule has 13 heavy (non-hydrogen) atoms. The van der Waals surface area contributed by atoms with Gasteiger partial charge < -0.3 is 5.11 Å². The molecule has 78 valence electrons. The van der Waals surface area contributed by atoms with Gasteiger partial charge in [-0.05, 0) is 12.8 Å². The molecule has 1 fully saturated rings. The van der Waals surface area contributed by atoms with E-state index in [-0.39, 0.29) is 11.6 Å². The first-order valence-electron chi connectivity index (χ1n) is 4.53. The van der Waals surface area contributed by atoms with Crippen LogP contribution in [0.5, 0.6) is 0 Å². The van der Waals surface area contributed by atoms with E-state index >= 15 is 0 Å².